The normalized spacial score (nSPS) is 13.1. The first-order chi connectivity index (χ1) is 12.2. The molecule has 0 fully saturated rings. The SMILES string of the molecule is O=C(/C(=C\c1ccc2c(c1)OCO2)n1cncn1)c1ccc(Cl)cc1. The molecule has 0 N–H and O–H groups in total. The molecule has 0 aliphatic carbocycles. The van der Waals surface area contributed by atoms with Gasteiger partial charge in [-0.1, -0.05) is 17.7 Å². The van der Waals surface area contributed by atoms with E-state index in [9.17, 15) is 4.79 Å². The number of ether oxygens (including phenoxy) is 2. The smallest absolute Gasteiger partial charge is 0.231 e. The molecule has 3 aromatic rings. The zero-order chi connectivity index (χ0) is 17.2. The van der Waals surface area contributed by atoms with Crippen LogP contribution in [0.25, 0.3) is 11.8 Å². The molecule has 0 bridgehead atoms. The number of nitrogens with zero attached hydrogens (tertiary/aromatic N) is 3. The van der Waals surface area contributed by atoms with Gasteiger partial charge in [0.15, 0.2) is 11.5 Å². The number of ketones is 1. The quantitative estimate of drug-likeness (QED) is 0.530. The Bertz CT molecular complexity index is 950. The van der Waals surface area contributed by atoms with Gasteiger partial charge in [-0.2, -0.15) is 5.10 Å². The molecule has 0 spiro atoms. The van der Waals surface area contributed by atoms with Crippen molar-refractivity contribution in [3.8, 4) is 11.5 Å². The van der Waals surface area contributed by atoms with Crippen molar-refractivity contribution in [2.24, 2.45) is 0 Å². The first-order valence-corrected chi connectivity index (χ1v) is 7.85. The van der Waals surface area contributed by atoms with Gasteiger partial charge in [-0.15, -0.1) is 0 Å². The zero-order valence-electron chi connectivity index (χ0n) is 12.9. The van der Waals surface area contributed by atoms with Crippen LogP contribution in [0.4, 0.5) is 0 Å². The second-order valence-electron chi connectivity index (χ2n) is 5.32. The summed E-state index contributed by atoms with van der Waals surface area (Å²) in [5.41, 5.74) is 1.66. The van der Waals surface area contributed by atoms with Crippen molar-refractivity contribution in [2.75, 3.05) is 6.79 Å². The Hall–Kier alpha value is -3.12. The van der Waals surface area contributed by atoms with E-state index < -0.39 is 0 Å². The van der Waals surface area contributed by atoms with E-state index in [4.69, 9.17) is 21.1 Å². The Labute approximate surface area is 148 Å². The minimum atomic E-state index is -0.195. The lowest BCUT2D eigenvalue weighted by atomic mass is 10.1. The summed E-state index contributed by atoms with van der Waals surface area (Å²) in [5, 5.41) is 4.65. The standard InChI is InChI=1S/C18H12ClN3O3/c19-14-4-2-13(3-5-14)18(23)15(22-10-20-9-21-22)7-12-1-6-16-17(8-12)25-11-24-16/h1-10H,11H2/b15-7+. The Balaban J connectivity index is 1.76. The molecule has 2 aromatic carbocycles. The Morgan fingerprint density at radius 1 is 1.12 bits per heavy atom. The van der Waals surface area contributed by atoms with E-state index in [2.05, 4.69) is 10.1 Å². The van der Waals surface area contributed by atoms with Crippen LogP contribution in [0, 0.1) is 0 Å². The lowest BCUT2D eigenvalue weighted by Gasteiger charge is -2.07. The molecule has 0 saturated carbocycles. The number of halogens is 1. The average molecular weight is 354 g/mol. The molecule has 1 aromatic heterocycles. The van der Waals surface area contributed by atoms with Gasteiger partial charge in [0, 0.05) is 10.6 Å². The van der Waals surface area contributed by atoms with Crippen LogP contribution in [0.15, 0.2) is 55.1 Å². The third-order valence-corrected chi connectivity index (χ3v) is 3.96. The van der Waals surface area contributed by atoms with Gasteiger partial charge in [0.25, 0.3) is 0 Å². The van der Waals surface area contributed by atoms with E-state index in [-0.39, 0.29) is 12.6 Å². The predicted molar refractivity (Wildman–Crippen MR) is 92.5 cm³/mol. The van der Waals surface area contributed by atoms with E-state index >= 15 is 0 Å². The molecule has 7 heteroatoms. The second-order valence-corrected chi connectivity index (χ2v) is 5.75. The number of allylic oxidation sites excluding steroid dienone is 1. The van der Waals surface area contributed by atoms with Crippen molar-refractivity contribution in [1.29, 1.82) is 0 Å². The van der Waals surface area contributed by atoms with Crippen LogP contribution in [-0.4, -0.2) is 27.3 Å². The lowest BCUT2D eigenvalue weighted by Crippen LogP contribution is -2.10. The molecule has 1 aliphatic heterocycles. The largest absolute Gasteiger partial charge is 0.454 e. The molecule has 0 amide bonds. The Kier molecular flexibility index (Phi) is 3.95. The second kappa shape index (κ2) is 6.41. The van der Waals surface area contributed by atoms with Crippen LogP contribution in [-0.2, 0) is 0 Å². The fourth-order valence-electron chi connectivity index (χ4n) is 2.48. The van der Waals surface area contributed by atoms with Crippen molar-refractivity contribution in [3.63, 3.8) is 0 Å². The highest BCUT2D eigenvalue weighted by Gasteiger charge is 2.17. The number of fused-ring (bicyclic) bond motifs is 1. The maximum atomic E-state index is 12.9. The van der Waals surface area contributed by atoms with Gasteiger partial charge in [-0.25, -0.2) is 9.67 Å². The number of carbonyl (C=O) groups is 1. The molecule has 25 heavy (non-hydrogen) atoms. The molecule has 0 saturated heterocycles. The first kappa shape index (κ1) is 15.4. The number of Topliss-reactive ketones (excluding diaryl/α,β-unsaturated/α-hetero) is 1. The third-order valence-electron chi connectivity index (χ3n) is 3.70. The number of carbonyl (C=O) groups excluding carboxylic acids is 1. The fraction of sp³-hybridized carbons (Fsp3) is 0.0556. The van der Waals surface area contributed by atoms with Crippen LogP contribution in [0.3, 0.4) is 0 Å². The molecule has 1 aliphatic rings. The number of hydrogen-bond acceptors (Lipinski definition) is 5. The first-order valence-electron chi connectivity index (χ1n) is 7.47. The van der Waals surface area contributed by atoms with Gasteiger partial charge in [0.05, 0.1) is 0 Å². The highest BCUT2D eigenvalue weighted by Crippen LogP contribution is 2.33. The highest BCUT2D eigenvalue weighted by molar-refractivity contribution is 6.31. The van der Waals surface area contributed by atoms with Crippen LogP contribution < -0.4 is 9.47 Å². The summed E-state index contributed by atoms with van der Waals surface area (Å²) in [6.07, 6.45) is 4.59. The predicted octanol–water partition coefficient (Wildman–Crippen LogP) is 3.54. The van der Waals surface area contributed by atoms with Crippen molar-refractivity contribution in [3.05, 3.63) is 71.3 Å². The summed E-state index contributed by atoms with van der Waals surface area (Å²) in [4.78, 5) is 16.9. The summed E-state index contributed by atoms with van der Waals surface area (Å²) in [6, 6.07) is 12.2. The summed E-state index contributed by atoms with van der Waals surface area (Å²) in [5.74, 6) is 1.13. The molecular formula is C18H12ClN3O3. The molecule has 124 valence electrons. The summed E-state index contributed by atoms with van der Waals surface area (Å²) in [7, 11) is 0. The maximum absolute atomic E-state index is 12.9. The average Bonchev–Trinajstić information content (AvgIpc) is 3.31. The minimum Gasteiger partial charge on any atom is -0.454 e. The monoisotopic (exact) mass is 353 g/mol. The van der Waals surface area contributed by atoms with Crippen molar-refractivity contribution in [1.82, 2.24) is 14.8 Å². The van der Waals surface area contributed by atoms with Crippen molar-refractivity contribution >= 4 is 29.2 Å². The van der Waals surface area contributed by atoms with Gasteiger partial charge in [0.1, 0.15) is 18.4 Å². The third kappa shape index (κ3) is 3.12. The van der Waals surface area contributed by atoms with Crippen LogP contribution in [0.2, 0.25) is 5.02 Å². The summed E-state index contributed by atoms with van der Waals surface area (Å²) in [6.45, 7) is 0.197. The van der Waals surface area contributed by atoms with E-state index in [0.717, 1.165) is 5.56 Å². The molecule has 4 rings (SSSR count). The number of aromatic nitrogens is 3. The van der Waals surface area contributed by atoms with Gasteiger partial charge in [0.2, 0.25) is 12.6 Å². The summed E-state index contributed by atoms with van der Waals surface area (Å²) >= 11 is 5.90. The minimum absolute atomic E-state index is 0.195. The number of rotatable bonds is 4. The van der Waals surface area contributed by atoms with Crippen molar-refractivity contribution in [2.45, 2.75) is 0 Å². The van der Waals surface area contributed by atoms with Gasteiger partial charge < -0.3 is 9.47 Å². The van der Waals surface area contributed by atoms with Gasteiger partial charge in [-0.3, -0.25) is 4.79 Å². The molecule has 0 atom stereocenters. The topological polar surface area (TPSA) is 66.2 Å². The Morgan fingerprint density at radius 2 is 1.92 bits per heavy atom. The van der Waals surface area contributed by atoms with E-state index in [1.54, 1.807) is 36.4 Å². The van der Waals surface area contributed by atoms with Gasteiger partial charge in [-0.05, 0) is 48.0 Å². The van der Waals surface area contributed by atoms with E-state index in [1.165, 1.54) is 17.3 Å². The zero-order valence-corrected chi connectivity index (χ0v) is 13.7. The fourth-order valence-corrected chi connectivity index (χ4v) is 2.60. The highest BCUT2D eigenvalue weighted by atomic mass is 35.5. The number of benzene rings is 2. The molecular weight excluding hydrogens is 342 g/mol. The van der Waals surface area contributed by atoms with Gasteiger partial charge >= 0.3 is 0 Å². The Morgan fingerprint density at radius 3 is 2.68 bits per heavy atom. The van der Waals surface area contributed by atoms with Crippen molar-refractivity contribution < 1.29 is 14.3 Å². The molecule has 0 unspecified atom stereocenters. The van der Waals surface area contributed by atoms with E-state index in [0.29, 0.717) is 27.8 Å². The molecule has 6 nitrogen and oxygen atoms in total. The summed E-state index contributed by atoms with van der Waals surface area (Å²) < 4.78 is 12.1. The van der Waals surface area contributed by atoms with Crippen LogP contribution >= 0.6 is 11.6 Å². The molecule has 0 radical (unpaired) electrons. The number of hydrogen-bond donors (Lipinski definition) is 0. The van der Waals surface area contributed by atoms with E-state index in [1.807, 2.05) is 12.1 Å². The lowest BCUT2D eigenvalue weighted by molar-refractivity contribution is 0.105. The molecule has 2 heterocycles. The maximum Gasteiger partial charge on any atom is 0.231 e. The van der Waals surface area contributed by atoms with Crippen LogP contribution in [0.1, 0.15) is 15.9 Å². The van der Waals surface area contributed by atoms with Crippen LogP contribution in [0.5, 0.6) is 11.5 Å².